The van der Waals surface area contributed by atoms with Crippen LogP contribution in [0.3, 0.4) is 0 Å². The fourth-order valence-corrected chi connectivity index (χ4v) is 0.871. The molecule has 0 saturated carbocycles. The lowest BCUT2D eigenvalue weighted by atomic mass is 10.1. The number of nitrogens with two attached hydrogens (primary N) is 1. The molecule has 0 radical (unpaired) electrons. The largest absolute Gasteiger partial charge is 0.377 e. The molecule has 0 aromatic carbocycles. The van der Waals surface area contributed by atoms with Crippen molar-refractivity contribution in [3.8, 4) is 12.3 Å². The van der Waals surface area contributed by atoms with Crippen molar-refractivity contribution in [2.24, 2.45) is 5.73 Å². The summed E-state index contributed by atoms with van der Waals surface area (Å²) in [4.78, 5) is 0. The van der Waals surface area contributed by atoms with Crippen molar-refractivity contribution >= 4 is 0 Å². The third kappa shape index (κ3) is 4.83. The molecule has 0 aromatic heterocycles. The highest BCUT2D eigenvalue weighted by atomic mass is 16.5. The van der Waals surface area contributed by atoms with E-state index >= 15 is 0 Å². The zero-order valence-electron chi connectivity index (χ0n) is 7.34. The summed E-state index contributed by atoms with van der Waals surface area (Å²) < 4.78 is 5.31. The van der Waals surface area contributed by atoms with Gasteiger partial charge in [-0.3, -0.25) is 0 Å². The molecule has 2 unspecified atom stereocenters. The van der Waals surface area contributed by atoms with Crippen LogP contribution in [0, 0.1) is 12.3 Å². The Labute approximate surface area is 69.1 Å². The molecule has 0 spiro atoms. The molecule has 2 N–H and O–H groups in total. The van der Waals surface area contributed by atoms with Gasteiger partial charge in [0.15, 0.2) is 0 Å². The quantitative estimate of drug-likeness (QED) is 0.604. The lowest BCUT2D eigenvalue weighted by molar-refractivity contribution is 0.0560. The Morgan fingerprint density at radius 1 is 1.64 bits per heavy atom. The maximum Gasteiger partial charge on any atom is 0.0698 e. The Balaban J connectivity index is 3.47. The maximum absolute atomic E-state index is 5.77. The molecular weight excluding hydrogens is 138 g/mol. The standard InChI is InChI=1S/C9H17NO/c1-4-6-7-9(10)8(3)11-5-2/h1,8-9H,5-7,10H2,2-3H3. The van der Waals surface area contributed by atoms with Crippen LogP contribution in [0.1, 0.15) is 26.7 Å². The average Bonchev–Trinajstić information content (AvgIpc) is 2.00. The van der Waals surface area contributed by atoms with Crippen LogP contribution in [0.15, 0.2) is 0 Å². The summed E-state index contributed by atoms with van der Waals surface area (Å²) in [6.45, 7) is 4.65. The van der Waals surface area contributed by atoms with Gasteiger partial charge in [-0.2, -0.15) is 0 Å². The Morgan fingerprint density at radius 2 is 2.27 bits per heavy atom. The van der Waals surface area contributed by atoms with Crippen molar-refractivity contribution in [1.82, 2.24) is 0 Å². The van der Waals surface area contributed by atoms with Crippen molar-refractivity contribution in [1.29, 1.82) is 0 Å². The summed E-state index contributed by atoms with van der Waals surface area (Å²) in [5, 5.41) is 0. The summed E-state index contributed by atoms with van der Waals surface area (Å²) in [6, 6.07) is 0.0750. The average molecular weight is 155 g/mol. The molecule has 0 aliphatic heterocycles. The third-order valence-electron chi connectivity index (χ3n) is 1.65. The number of hydrogen-bond acceptors (Lipinski definition) is 2. The first-order chi connectivity index (χ1) is 5.22. The van der Waals surface area contributed by atoms with Gasteiger partial charge in [0.1, 0.15) is 0 Å². The SMILES string of the molecule is C#CCCC(N)C(C)OCC. The second kappa shape index (κ2) is 6.21. The predicted molar refractivity (Wildman–Crippen MR) is 47.1 cm³/mol. The van der Waals surface area contributed by atoms with Crippen LogP contribution in [-0.2, 0) is 4.74 Å². The first-order valence-electron chi connectivity index (χ1n) is 4.03. The fraction of sp³-hybridized carbons (Fsp3) is 0.778. The van der Waals surface area contributed by atoms with Gasteiger partial charge in [-0.1, -0.05) is 0 Å². The molecule has 0 aliphatic rings. The smallest absolute Gasteiger partial charge is 0.0698 e. The number of ether oxygens (including phenoxy) is 1. The van der Waals surface area contributed by atoms with E-state index in [1.807, 2.05) is 13.8 Å². The highest BCUT2D eigenvalue weighted by Gasteiger charge is 2.10. The molecule has 0 rings (SSSR count). The van der Waals surface area contributed by atoms with Crippen molar-refractivity contribution in [3.63, 3.8) is 0 Å². The number of rotatable bonds is 5. The monoisotopic (exact) mass is 155 g/mol. The second-order valence-electron chi connectivity index (χ2n) is 2.57. The Morgan fingerprint density at radius 3 is 2.73 bits per heavy atom. The van der Waals surface area contributed by atoms with Crippen LogP contribution in [-0.4, -0.2) is 18.8 Å². The van der Waals surface area contributed by atoms with Crippen molar-refractivity contribution in [3.05, 3.63) is 0 Å². The minimum absolute atomic E-state index is 0.0750. The van der Waals surface area contributed by atoms with Gasteiger partial charge in [-0.25, -0.2) is 0 Å². The molecule has 0 aliphatic carbocycles. The van der Waals surface area contributed by atoms with E-state index in [0.29, 0.717) is 6.61 Å². The summed E-state index contributed by atoms with van der Waals surface area (Å²) in [5.74, 6) is 2.56. The van der Waals surface area contributed by atoms with Gasteiger partial charge in [-0.05, 0) is 20.3 Å². The Bertz CT molecular complexity index is 128. The second-order valence-corrected chi connectivity index (χ2v) is 2.57. The van der Waals surface area contributed by atoms with Gasteiger partial charge in [0, 0.05) is 19.1 Å². The van der Waals surface area contributed by atoms with Crippen LogP contribution in [0.2, 0.25) is 0 Å². The van der Waals surface area contributed by atoms with Gasteiger partial charge >= 0.3 is 0 Å². The van der Waals surface area contributed by atoms with Crippen LogP contribution in [0.25, 0.3) is 0 Å². The van der Waals surface area contributed by atoms with Crippen LogP contribution < -0.4 is 5.73 Å². The molecule has 0 saturated heterocycles. The highest BCUT2D eigenvalue weighted by molar-refractivity contribution is 4.86. The van der Waals surface area contributed by atoms with E-state index < -0.39 is 0 Å². The molecule has 2 atom stereocenters. The molecule has 0 heterocycles. The van der Waals surface area contributed by atoms with E-state index in [0.717, 1.165) is 12.8 Å². The highest BCUT2D eigenvalue weighted by Crippen LogP contribution is 2.02. The molecule has 0 aromatic rings. The number of hydrogen-bond donors (Lipinski definition) is 1. The van der Waals surface area contributed by atoms with E-state index in [2.05, 4.69) is 5.92 Å². The van der Waals surface area contributed by atoms with Crippen molar-refractivity contribution in [2.45, 2.75) is 38.8 Å². The molecule has 2 heteroatoms. The summed E-state index contributed by atoms with van der Waals surface area (Å²) in [6.07, 6.45) is 6.80. The first kappa shape index (κ1) is 10.5. The molecule has 0 amide bonds. The van der Waals surface area contributed by atoms with E-state index in [4.69, 9.17) is 16.9 Å². The first-order valence-corrected chi connectivity index (χ1v) is 4.03. The Kier molecular flexibility index (Phi) is 5.91. The molecule has 0 fully saturated rings. The lowest BCUT2D eigenvalue weighted by Crippen LogP contribution is -2.34. The summed E-state index contributed by atoms with van der Waals surface area (Å²) in [7, 11) is 0. The van der Waals surface area contributed by atoms with Crippen molar-refractivity contribution in [2.75, 3.05) is 6.61 Å². The maximum atomic E-state index is 5.77. The minimum Gasteiger partial charge on any atom is -0.377 e. The van der Waals surface area contributed by atoms with E-state index in [9.17, 15) is 0 Å². The third-order valence-corrected chi connectivity index (χ3v) is 1.65. The fourth-order valence-electron chi connectivity index (χ4n) is 0.871. The summed E-state index contributed by atoms with van der Waals surface area (Å²) in [5.41, 5.74) is 5.77. The summed E-state index contributed by atoms with van der Waals surface area (Å²) >= 11 is 0. The van der Waals surface area contributed by atoms with Gasteiger partial charge in [0.25, 0.3) is 0 Å². The van der Waals surface area contributed by atoms with Gasteiger partial charge in [-0.15, -0.1) is 12.3 Å². The van der Waals surface area contributed by atoms with E-state index in [-0.39, 0.29) is 12.1 Å². The normalized spacial score (nSPS) is 15.5. The molecule has 0 bridgehead atoms. The zero-order valence-corrected chi connectivity index (χ0v) is 7.34. The van der Waals surface area contributed by atoms with Crippen LogP contribution in [0.5, 0.6) is 0 Å². The lowest BCUT2D eigenvalue weighted by Gasteiger charge is -2.18. The van der Waals surface area contributed by atoms with Gasteiger partial charge < -0.3 is 10.5 Å². The Hall–Kier alpha value is -0.520. The topological polar surface area (TPSA) is 35.2 Å². The zero-order chi connectivity index (χ0) is 8.69. The van der Waals surface area contributed by atoms with Crippen LogP contribution >= 0.6 is 0 Å². The number of terminal acetylenes is 1. The molecule has 2 nitrogen and oxygen atoms in total. The van der Waals surface area contributed by atoms with E-state index in [1.165, 1.54) is 0 Å². The molecule has 64 valence electrons. The van der Waals surface area contributed by atoms with E-state index in [1.54, 1.807) is 0 Å². The molecular formula is C9H17NO. The minimum atomic E-state index is 0.0750. The van der Waals surface area contributed by atoms with Gasteiger partial charge in [0.2, 0.25) is 0 Å². The predicted octanol–water partition coefficient (Wildman–Crippen LogP) is 1.15. The molecule has 11 heavy (non-hydrogen) atoms. The van der Waals surface area contributed by atoms with Crippen molar-refractivity contribution < 1.29 is 4.74 Å². The van der Waals surface area contributed by atoms with Gasteiger partial charge in [0.05, 0.1) is 6.10 Å². The van der Waals surface area contributed by atoms with Crippen LogP contribution in [0.4, 0.5) is 0 Å².